The van der Waals surface area contributed by atoms with Crippen LogP contribution in [0, 0.1) is 0 Å². The number of hydrogen-bond donors (Lipinski definition) is 4. The topological polar surface area (TPSA) is 124 Å². The molecule has 3 heterocycles. The van der Waals surface area contributed by atoms with Crippen molar-refractivity contribution in [2.24, 2.45) is 0 Å². The fourth-order valence-electron chi connectivity index (χ4n) is 2.01. The third kappa shape index (κ3) is 1.58. The third-order valence-corrected chi connectivity index (χ3v) is 2.84. The Morgan fingerprint density at radius 1 is 1.29 bits per heavy atom. The van der Waals surface area contributed by atoms with Gasteiger partial charge in [-0.3, -0.25) is 0 Å². The van der Waals surface area contributed by atoms with E-state index < -0.39 is 12.2 Å². The van der Waals surface area contributed by atoms with E-state index in [1.807, 2.05) is 0 Å². The molecule has 0 saturated carbocycles. The summed E-state index contributed by atoms with van der Waals surface area (Å²) in [6.07, 6.45) is -0.0427. The van der Waals surface area contributed by atoms with Crippen LogP contribution in [0.1, 0.15) is 0 Å². The lowest BCUT2D eigenvalue weighted by molar-refractivity contribution is 0.0572. The number of rotatable bonds is 1. The minimum absolute atomic E-state index is 0.121. The van der Waals surface area contributed by atoms with Crippen LogP contribution in [-0.2, 0) is 0 Å². The zero-order valence-electron chi connectivity index (χ0n) is 8.91. The van der Waals surface area contributed by atoms with E-state index in [9.17, 15) is 10.2 Å². The van der Waals surface area contributed by atoms with E-state index in [2.05, 4.69) is 19.9 Å². The molecule has 2 unspecified atom stereocenters. The normalized spacial score (nSPS) is 24.7. The number of nitrogens with two attached hydrogens (primary N) is 1. The molecule has 0 radical (unpaired) electrons. The number of hydrogen-bond acceptors (Lipinski definition) is 7. The summed E-state index contributed by atoms with van der Waals surface area (Å²) < 4.78 is 0. The van der Waals surface area contributed by atoms with Gasteiger partial charge in [-0.1, -0.05) is 0 Å². The van der Waals surface area contributed by atoms with Crippen LogP contribution in [0.25, 0.3) is 11.2 Å². The van der Waals surface area contributed by atoms with Crippen molar-refractivity contribution >= 4 is 22.9 Å². The lowest BCUT2D eigenvalue weighted by atomic mass is 10.3. The van der Waals surface area contributed by atoms with E-state index in [4.69, 9.17) is 5.73 Å². The maximum absolute atomic E-state index is 9.53. The van der Waals surface area contributed by atoms with Gasteiger partial charge >= 0.3 is 0 Å². The van der Waals surface area contributed by atoms with E-state index in [0.717, 1.165) is 0 Å². The molecule has 1 saturated heterocycles. The molecule has 2 aromatic heterocycles. The summed E-state index contributed by atoms with van der Waals surface area (Å²) in [5.41, 5.74) is 6.72. The minimum Gasteiger partial charge on any atom is -0.389 e. The van der Waals surface area contributed by atoms with Crippen LogP contribution < -0.4 is 10.6 Å². The van der Waals surface area contributed by atoms with E-state index in [0.29, 0.717) is 30.1 Å². The molecule has 1 aliphatic heterocycles. The van der Waals surface area contributed by atoms with Crippen molar-refractivity contribution in [2.45, 2.75) is 12.2 Å². The van der Waals surface area contributed by atoms with Gasteiger partial charge in [-0.25, -0.2) is 4.98 Å². The minimum atomic E-state index is -0.774. The highest BCUT2D eigenvalue weighted by molar-refractivity contribution is 5.84. The smallest absolute Gasteiger partial charge is 0.224 e. The largest absolute Gasteiger partial charge is 0.389 e. The van der Waals surface area contributed by atoms with Crippen molar-refractivity contribution in [3.8, 4) is 0 Å². The van der Waals surface area contributed by atoms with Crippen molar-refractivity contribution in [1.29, 1.82) is 0 Å². The Morgan fingerprint density at radius 3 is 2.71 bits per heavy atom. The third-order valence-electron chi connectivity index (χ3n) is 2.84. The molecule has 3 rings (SSSR count). The first kappa shape index (κ1) is 10.2. The number of aliphatic hydroxyl groups is 2. The first-order valence-corrected chi connectivity index (χ1v) is 5.23. The number of nitrogen functional groups attached to an aromatic ring is 1. The van der Waals surface area contributed by atoms with Crippen LogP contribution in [0.5, 0.6) is 0 Å². The predicted molar refractivity (Wildman–Crippen MR) is 60.3 cm³/mol. The van der Waals surface area contributed by atoms with Crippen molar-refractivity contribution in [2.75, 3.05) is 23.7 Å². The van der Waals surface area contributed by atoms with E-state index in [1.165, 1.54) is 6.33 Å². The average Bonchev–Trinajstić information content (AvgIpc) is 2.85. The summed E-state index contributed by atoms with van der Waals surface area (Å²) in [6, 6.07) is 0. The van der Waals surface area contributed by atoms with Crippen LogP contribution in [0.3, 0.4) is 0 Å². The molecule has 0 spiro atoms. The highest BCUT2D eigenvalue weighted by Crippen LogP contribution is 2.25. The van der Waals surface area contributed by atoms with Gasteiger partial charge in [0.1, 0.15) is 5.52 Å². The van der Waals surface area contributed by atoms with E-state index in [-0.39, 0.29) is 5.95 Å². The number of nitrogens with zero attached hydrogens (tertiary/aromatic N) is 4. The second-order valence-electron chi connectivity index (χ2n) is 4.05. The molecular weight excluding hydrogens is 224 g/mol. The van der Waals surface area contributed by atoms with Crippen LogP contribution in [0.2, 0.25) is 0 Å². The number of β-amino-alcohol motifs (C(OH)–C–C–N with tert-alkyl or cyclic N) is 2. The maximum Gasteiger partial charge on any atom is 0.224 e. The van der Waals surface area contributed by atoms with Crippen LogP contribution in [0.4, 0.5) is 11.8 Å². The van der Waals surface area contributed by atoms with Crippen molar-refractivity contribution in [1.82, 2.24) is 19.9 Å². The SMILES string of the molecule is Nc1nc(N2CC(O)C(O)C2)c2[nH]cnc2n1. The summed E-state index contributed by atoms with van der Waals surface area (Å²) in [4.78, 5) is 16.8. The predicted octanol–water partition coefficient (Wildman–Crippen LogP) is -1.52. The summed E-state index contributed by atoms with van der Waals surface area (Å²) in [5.74, 6) is 0.677. The van der Waals surface area contributed by atoms with Crippen LogP contribution in [0.15, 0.2) is 6.33 Å². The highest BCUT2D eigenvalue weighted by atomic mass is 16.3. The monoisotopic (exact) mass is 236 g/mol. The molecule has 17 heavy (non-hydrogen) atoms. The molecule has 2 atom stereocenters. The zero-order chi connectivity index (χ0) is 12.0. The number of fused-ring (bicyclic) bond motifs is 1. The Balaban J connectivity index is 2.08. The second-order valence-corrected chi connectivity index (χ2v) is 4.05. The molecule has 0 aliphatic carbocycles. The van der Waals surface area contributed by atoms with Crippen molar-refractivity contribution in [3.05, 3.63) is 6.33 Å². The fourth-order valence-corrected chi connectivity index (χ4v) is 2.01. The van der Waals surface area contributed by atoms with Gasteiger partial charge in [0.15, 0.2) is 11.5 Å². The Labute approximate surface area is 96.1 Å². The van der Waals surface area contributed by atoms with Gasteiger partial charge in [0.25, 0.3) is 0 Å². The Kier molecular flexibility index (Phi) is 2.13. The molecule has 5 N–H and O–H groups in total. The van der Waals surface area contributed by atoms with Crippen molar-refractivity contribution < 1.29 is 10.2 Å². The van der Waals surface area contributed by atoms with Gasteiger partial charge in [-0.15, -0.1) is 0 Å². The Hall–Kier alpha value is -1.93. The lowest BCUT2D eigenvalue weighted by Crippen LogP contribution is -2.23. The number of nitrogens with one attached hydrogen (secondary N) is 1. The quantitative estimate of drug-likeness (QED) is 0.473. The second kappa shape index (κ2) is 3.54. The molecule has 1 aliphatic rings. The first-order chi connectivity index (χ1) is 8.15. The zero-order valence-corrected chi connectivity index (χ0v) is 8.91. The molecular formula is C9H12N6O2. The molecule has 8 heteroatoms. The maximum atomic E-state index is 9.53. The van der Waals surface area contributed by atoms with Gasteiger partial charge in [-0.2, -0.15) is 9.97 Å². The Morgan fingerprint density at radius 2 is 2.00 bits per heavy atom. The van der Waals surface area contributed by atoms with E-state index >= 15 is 0 Å². The number of aromatic nitrogens is 4. The Bertz CT molecular complexity index is 545. The summed E-state index contributed by atoms with van der Waals surface area (Å²) in [5, 5.41) is 19.1. The highest BCUT2D eigenvalue weighted by Gasteiger charge is 2.31. The van der Waals surface area contributed by atoms with Gasteiger partial charge in [0.05, 0.1) is 18.5 Å². The summed E-state index contributed by atoms with van der Waals surface area (Å²) in [7, 11) is 0. The number of imidazole rings is 1. The van der Waals surface area contributed by atoms with Crippen LogP contribution in [-0.4, -0.2) is 55.4 Å². The average molecular weight is 236 g/mol. The summed E-state index contributed by atoms with van der Waals surface area (Å²) >= 11 is 0. The number of aromatic amines is 1. The summed E-state index contributed by atoms with van der Waals surface area (Å²) in [6.45, 7) is 0.622. The van der Waals surface area contributed by atoms with Crippen LogP contribution >= 0.6 is 0 Å². The number of H-pyrrole nitrogens is 1. The van der Waals surface area contributed by atoms with Crippen molar-refractivity contribution in [3.63, 3.8) is 0 Å². The number of anilines is 2. The van der Waals surface area contributed by atoms with Gasteiger partial charge in [0.2, 0.25) is 5.95 Å². The molecule has 8 nitrogen and oxygen atoms in total. The standard InChI is InChI=1S/C9H12N6O2/c10-9-13-7-6(11-3-12-7)8(14-9)15-1-4(16)5(17)2-15/h3-5,16-17H,1-2H2,(H3,10,11,12,13,14). The van der Waals surface area contributed by atoms with Gasteiger partial charge in [-0.05, 0) is 0 Å². The molecule has 2 aromatic rings. The van der Waals surface area contributed by atoms with Gasteiger partial charge < -0.3 is 25.8 Å². The van der Waals surface area contributed by atoms with Gasteiger partial charge in [0, 0.05) is 13.1 Å². The lowest BCUT2D eigenvalue weighted by Gasteiger charge is -2.16. The first-order valence-electron chi connectivity index (χ1n) is 5.23. The molecule has 0 aromatic carbocycles. The van der Waals surface area contributed by atoms with E-state index in [1.54, 1.807) is 4.90 Å². The molecule has 1 fully saturated rings. The molecule has 0 amide bonds. The molecule has 0 bridgehead atoms. The molecule has 90 valence electrons. The fraction of sp³-hybridized carbons (Fsp3) is 0.444. The number of aliphatic hydroxyl groups excluding tert-OH is 2.